The molecule has 2 aromatic rings. The highest BCUT2D eigenvalue weighted by Crippen LogP contribution is 2.25. The predicted molar refractivity (Wildman–Crippen MR) is 141 cm³/mol. The Morgan fingerprint density at radius 1 is 0.974 bits per heavy atom. The molecule has 0 aromatic heterocycles. The lowest BCUT2D eigenvalue weighted by Crippen LogP contribution is -2.51. The van der Waals surface area contributed by atoms with Crippen LogP contribution in [0.3, 0.4) is 0 Å². The minimum atomic E-state index is -4.72. The standard InChI is InChI=1S/C29H36F3N3O4/c1-20-25(4-3-5-26(20)38-2)28(37)33-22-12-16-34(17-13-22)23-14-18-35(19-15-23)27(36)11-8-21-6-9-24(10-7-21)39-29(30,31)32/h3-7,9-10,22-23H,8,11-19H2,1-2H3,(H,33,37). The minimum Gasteiger partial charge on any atom is -0.496 e. The third kappa shape index (κ3) is 7.88. The van der Waals surface area contributed by atoms with Crippen LogP contribution < -0.4 is 14.8 Å². The number of benzene rings is 2. The van der Waals surface area contributed by atoms with E-state index in [9.17, 15) is 22.8 Å². The number of carbonyl (C=O) groups is 2. The van der Waals surface area contributed by atoms with Crippen LogP contribution in [0.5, 0.6) is 11.5 Å². The normalized spacial score (nSPS) is 17.6. The summed E-state index contributed by atoms with van der Waals surface area (Å²) in [6, 6.07) is 11.7. The largest absolute Gasteiger partial charge is 0.573 e. The van der Waals surface area contributed by atoms with Crippen molar-refractivity contribution in [3.8, 4) is 11.5 Å². The number of piperidine rings is 2. The Kier molecular flexibility index (Phi) is 9.37. The fourth-order valence-electron chi connectivity index (χ4n) is 5.50. The molecule has 2 fully saturated rings. The number of carbonyl (C=O) groups excluding carboxylic acids is 2. The number of rotatable bonds is 8. The maximum Gasteiger partial charge on any atom is 0.573 e. The molecule has 212 valence electrons. The SMILES string of the molecule is COc1cccc(C(=O)NC2CCN(C3CCN(C(=O)CCc4ccc(OC(F)(F)F)cc4)CC3)CC2)c1C. The lowest BCUT2D eigenvalue weighted by Gasteiger charge is -2.42. The van der Waals surface area contributed by atoms with Crippen LogP contribution in [0.1, 0.15) is 53.6 Å². The summed E-state index contributed by atoms with van der Waals surface area (Å²) in [5, 5.41) is 3.18. The summed E-state index contributed by atoms with van der Waals surface area (Å²) in [4.78, 5) is 29.9. The van der Waals surface area contributed by atoms with Gasteiger partial charge in [0.2, 0.25) is 5.91 Å². The van der Waals surface area contributed by atoms with E-state index in [0.29, 0.717) is 43.3 Å². The van der Waals surface area contributed by atoms with Crippen molar-refractivity contribution in [1.29, 1.82) is 0 Å². The smallest absolute Gasteiger partial charge is 0.496 e. The van der Waals surface area contributed by atoms with Gasteiger partial charge >= 0.3 is 6.36 Å². The molecule has 1 N–H and O–H groups in total. The first kappa shape index (κ1) is 28.7. The molecule has 2 heterocycles. The van der Waals surface area contributed by atoms with Gasteiger partial charge in [-0.3, -0.25) is 9.59 Å². The highest BCUT2D eigenvalue weighted by molar-refractivity contribution is 5.96. The van der Waals surface area contributed by atoms with Crippen molar-refractivity contribution < 1.29 is 32.2 Å². The zero-order chi connectivity index (χ0) is 28.0. The van der Waals surface area contributed by atoms with Gasteiger partial charge in [-0.1, -0.05) is 18.2 Å². The second-order valence-electron chi connectivity index (χ2n) is 10.2. The van der Waals surface area contributed by atoms with E-state index in [2.05, 4.69) is 15.0 Å². The van der Waals surface area contributed by atoms with E-state index in [0.717, 1.165) is 49.9 Å². The molecule has 2 aliphatic heterocycles. The van der Waals surface area contributed by atoms with Crippen LogP contribution in [0.15, 0.2) is 42.5 Å². The summed E-state index contributed by atoms with van der Waals surface area (Å²) in [5.41, 5.74) is 2.27. The second-order valence-corrected chi connectivity index (χ2v) is 10.2. The van der Waals surface area contributed by atoms with E-state index in [4.69, 9.17) is 4.74 Å². The Bertz CT molecular complexity index is 1120. The number of likely N-dealkylation sites (tertiary alicyclic amines) is 2. The zero-order valence-corrected chi connectivity index (χ0v) is 22.4. The molecule has 0 radical (unpaired) electrons. The molecule has 0 spiro atoms. The summed E-state index contributed by atoms with van der Waals surface area (Å²) < 4.78 is 46.1. The molecule has 2 saturated heterocycles. The van der Waals surface area contributed by atoms with Gasteiger partial charge < -0.3 is 24.6 Å². The third-order valence-electron chi connectivity index (χ3n) is 7.73. The van der Waals surface area contributed by atoms with Gasteiger partial charge in [0.15, 0.2) is 0 Å². The van der Waals surface area contributed by atoms with Gasteiger partial charge in [0, 0.05) is 55.8 Å². The van der Waals surface area contributed by atoms with Crippen molar-refractivity contribution in [2.24, 2.45) is 0 Å². The summed E-state index contributed by atoms with van der Waals surface area (Å²) >= 11 is 0. The second kappa shape index (κ2) is 12.7. The highest BCUT2D eigenvalue weighted by Gasteiger charge is 2.32. The summed E-state index contributed by atoms with van der Waals surface area (Å²) in [7, 11) is 1.60. The van der Waals surface area contributed by atoms with Crippen molar-refractivity contribution in [2.75, 3.05) is 33.3 Å². The maximum absolute atomic E-state index is 12.8. The van der Waals surface area contributed by atoms with Gasteiger partial charge in [-0.05, 0) is 68.9 Å². The number of halogens is 3. The van der Waals surface area contributed by atoms with E-state index in [1.807, 2.05) is 30.0 Å². The van der Waals surface area contributed by atoms with Gasteiger partial charge in [0.05, 0.1) is 7.11 Å². The predicted octanol–water partition coefficient (Wildman–Crippen LogP) is 4.72. The number of nitrogens with one attached hydrogen (secondary N) is 1. The lowest BCUT2D eigenvalue weighted by atomic mass is 9.97. The molecule has 39 heavy (non-hydrogen) atoms. The lowest BCUT2D eigenvalue weighted by molar-refractivity contribution is -0.274. The van der Waals surface area contributed by atoms with E-state index in [1.165, 1.54) is 12.1 Å². The Hall–Kier alpha value is -3.27. The molecular formula is C29H36F3N3O4. The van der Waals surface area contributed by atoms with Crippen molar-refractivity contribution in [3.63, 3.8) is 0 Å². The minimum absolute atomic E-state index is 0.0674. The first-order valence-electron chi connectivity index (χ1n) is 13.4. The number of methoxy groups -OCH3 is 1. The van der Waals surface area contributed by atoms with E-state index in [-0.39, 0.29) is 23.6 Å². The van der Waals surface area contributed by atoms with Crippen LogP contribution in [0.25, 0.3) is 0 Å². The highest BCUT2D eigenvalue weighted by atomic mass is 19.4. The van der Waals surface area contributed by atoms with Crippen molar-refractivity contribution >= 4 is 11.8 Å². The van der Waals surface area contributed by atoms with Crippen LogP contribution in [0.2, 0.25) is 0 Å². The number of hydrogen-bond donors (Lipinski definition) is 1. The van der Waals surface area contributed by atoms with E-state index in [1.54, 1.807) is 19.2 Å². The van der Waals surface area contributed by atoms with Gasteiger partial charge in [0.1, 0.15) is 11.5 Å². The molecule has 7 nitrogen and oxygen atoms in total. The molecular weight excluding hydrogens is 511 g/mol. The van der Waals surface area contributed by atoms with Crippen LogP contribution >= 0.6 is 0 Å². The molecule has 0 atom stereocenters. The van der Waals surface area contributed by atoms with Crippen molar-refractivity contribution in [3.05, 3.63) is 59.2 Å². The number of amides is 2. The average Bonchev–Trinajstić information content (AvgIpc) is 2.92. The summed E-state index contributed by atoms with van der Waals surface area (Å²) in [5.74, 6) is 0.439. The van der Waals surface area contributed by atoms with Crippen LogP contribution in [0.4, 0.5) is 13.2 Å². The molecule has 0 saturated carbocycles. The zero-order valence-electron chi connectivity index (χ0n) is 22.4. The third-order valence-corrected chi connectivity index (χ3v) is 7.73. The number of hydrogen-bond acceptors (Lipinski definition) is 5. The van der Waals surface area contributed by atoms with Crippen LogP contribution in [-0.2, 0) is 11.2 Å². The maximum atomic E-state index is 12.8. The van der Waals surface area contributed by atoms with E-state index < -0.39 is 6.36 Å². The molecule has 0 bridgehead atoms. The van der Waals surface area contributed by atoms with Gasteiger partial charge in [0.25, 0.3) is 5.91 Å². The molecule has 0 unspecified atom stereocenters. The summed E-state index contributed by atoms with van der Waals surface area (Å²) in [6.45, 7) is 5.12. The molecule has 2 aromatic carbocycles. The molecule has 4 rings (SSSR count). The molecule has 10 heteroatoms. The van der Waals surface area contributed by atoms with Gasteiger partial charge in [-0.15, -0.1) is 13.2 Å². The fourth-order valence-corrected chi connectivity index (χ4v) is 5.50. The molecule has 2 aliphatic rings. The molecule has 2 amide bonds. The Balaban J connectivity index is 1.16. The van der Waals surface area contributed by atoms with Crippen LogP contribution in [-0.4, -0.2) is 73.3 Å². The van der Waals surface area contributed by atoms with Crippen LogP contribution in [0, 0.1) is 6.92 Å². The Morgan fingerprint density at radius 3 is 2.26 bits per heavy atom. The monoisotopic (exact) mass is 547 g/mol. The first-order valence-corrected chi connectivity index (χ1v) is 13.4. The number of nitrogens with zero attached hydrogens (tertiary/aromatic N) is 2. The first-order chi connectivity index (χ1) is 18.6. The van der Waals surface area contributed by atoms with Gasteiger partial charge in [-0.25, -0.2) is 0 Å². The molecule has 0 aliphatic carbocycles. The average molecular weight is 548 g/mol. The van der Waals surface area contributed by atoms with Crippen molar-refractivity contribution in [2.45, 2.75) is 63.9 Å². The topological polar surface area (TPSA) is 71.1 Å². The fraction of sp³-hybridized carbons (Fsp3) is 0.517. The summed E-state index contributed by atoms with van der Waals surface area (Å²) in [6.07, 6.45) is -0.320. The number of alkyl halides is 3. The van der Waals surface area contributed by atoms with E-state index >= 15 is 0 Å². The number of aryl methyl sites for hydroxylation is 1. The quantitative estimate of drug-likeness (QED) is 0.518. The Labute approximate surface area is 227 Å². The van der Waals surface area contributed by atoms with Crippen molar-refractivity contribution in [1.82, 2.24) is 15.1 Å². The number of ether oxygens (including phenoxy) is 2. The van der Waals surface area contributed by atoms with Gasteiger partial charge in [-0.2, -0.15) is 0 Å². The Morgan fingerprint density at radius 2 is 1.64 bits per heavy atom.